The molecule has 1 aromatic carbocycles. The lowest BCUT2D eigenvalue weighted by molar-refractivity contribution is 0.427. The van der Waals surface area contributed by atoms with E-state index in [1.165, 1.54) is 31.2 Å². The lowest BCUT2D eigenvalue weighted by atomic mass is 9.83. The number of pyridine rings is 1. The van der Waals surface area contributed by atoms with Crippen LogP contribution in [0.15, 0.2) is 41.0 Å². The van der Waals surface area contributed by atoms with Crippen LogP contribution in [0.5, 0.6) is 5.75 Å². The van der Waals surface area contributed by atoms with E-state index in [9.17, 15) is 5.11 Å². The quantitative estimate of drug-likeness (QED) is 0.478. The lowest BCUT2D eigenvalue weighted by Crippen LogP contribution is -2.18. The molecule has 0 unspecified atom stereocenters. The van der Waals surface area contributed by atoms with Gasteiger partial charge in [-0.25, -0.2) is 4.98 Å². The van der Waals surface area contributed by atoms with Crippen LogP contribution < -0.4 is 0 Å². The summed E-state index contributed by atoms with van der Waals surface area (Å²) < 4.78 is 5.73. The van der Waals surface area contributed by atoms with Crippen molar-refractivity contribution in [3.05, 3.63) is 47.9 Å². The van der Waals surface area contributed by atoms with Crippen LogP contribution in [0.2, 0.25) is 0 Å². The minimum atomic E-state index is -0.0876. The lowest BCUT2D eigenvalue weighted by Gasteiger charge is -2.24. The van der Waals surface area contributed by atoms with Gasteiger partial charge in [-0.15, -0.1) is 0 Å². The summed E-state index contributed by atoms with van der Waals surface area (Å²) in [5.41, 5.74) is 4.42. The van der Waals surface area contributed by atoms with Gasteiger partial charge in [0.25, 0.3) is 0 Å². The topological polar surface area (TPSA) is 46.3 Å². The Hall–Kier alpha value is -2.29. The summed E-state index contributed by atoms with van der Waals surface area (Å²) in [4.78, 5) is 4.75. The molecule has 3 rings (SSSR count). The third-order valence-electron chi connectivity index (χ3n) is 5.20. The van der Waals surface area contributed by atoms with E-state index in [4.69, 9.17) is 9.40 Å². The zero-order chi connectivity index (χ0) is 18.7. The molecule has 0 saturated heterocycles. The zero-order valence-corrected chi connectivity index (χ0v) is 16.3. The standard InChI is InChI=1S/C23H29NO2/c1-5-6-7-8-12-23(3,4)20-14-19(25)21-18(15-26-22(21)24-20)17-11-9-10-16(2)13-17/h9-11,13-15H,5-8,12H2,1-4H3,(H,24,25). The maximum absolute atomic E-state index is 10.7. The third kappa shape index (κ3) is 3.77. The fourth-order valence-corrected chi connectivity index (χ4v) is 3.51. The summed E-state index contributed by atoms with van der Waals surface area (Å²) in [6.45, 7) is 8.67. The smallest absolute Gasteiger partial charge is 0.230 e. The maximum Gasteiger partial charge on any atom is 0.230 e. The van der Waals surface area contributed by atoms with Crippen LogP contribution in [0.25, 0.3) is 22.2 Å². The van der Waals surface area contributed by atoms with Gasteiger partial charge in [-0.1, -0.05) is 76.3 Å². The molecule has 138 valence electrons. The van der Waals surface area contributed by atoms with E-state index in [0.29, 0.717) is 11.1 Å². The molecule has 0 radical (unpaired) electrons. The van der Waals surface area contributed by atoms with E-state index in [0.717, 1.165) is 23.2 Å². The Morgan fingerprint density at radius 2 is 1.92 bits per heavy atom. The zero-order valence-electron chi connectivity index (χ0n) is 16.3. The summed E-state index contributed by atoms with van der Waals surface area (Å²) >= 11 is 0. The highest BCUT2D eigenvalue weighted by Gasteiger charge is 2.25. The van der Waals surface area contributed by atoms with Crippen LogP contribution in [-0.2, 0) is 5.41 Å². The average molecular weight is 351 g/mol. The van der Waals surface area contributed by atoms with E-state index in [1.54, 1.807) is 6.26 Å². The van der Waals surface area contributed by atoms with E-state index in [2.05, 4.69) is 39.8 Å². The van der Waals surface area contributed by atoms with Crippen molar-refractivity contribution >= 4 is 11.1 Å². The number of nitrogens with zero attached hydrogens (tertiary/aromatic N) is 1. The summed E-state index contributed by atoms with van der Waals surface area (Å²) in [6.07, 6.45) is 7.67. The van der Waals surface area contributed by atoms with Crippen LogP contribution in [0.1, 0.15) is 64.1 Å². The molecule has 0 aliphatic heterocycles. The highest BCUT2D eigenvalue weighted by molar-refractivity contribution is 5.96. The normalized spacial score (nSPS) is 12.0. The number of hydrogen-bond acceptors (Lipinski definition) is 3. The van der Waals surface area contributed by atoms with Gasteiger partial charge in [0.2, 0.25) is 5.71 Å². The molecule has 2 aromatic heterocycles. The molecular formula is C23H29NO2. The largest absolute Gasteiger partial charge is 0.507 e. The molecule has 0 aliphatic rings. The van der Waals surface area contributed by atoms with Crippen molar-refractivity contribution in [3.8, 4) is 16.9 Å². The predicted octanol–water partition coefficient (Wildman–Crippen LogP) is 6.76. The summed E-state index contributed by atoms with van der Waals surface area (Å²) in [5.74, 6) is 0.247. The Morgan fingerprint density at radius 3 is 2.65 bits per heavy atom. The van der Waals surface area contributed by atoms with Gasteiger partial charge in [-0.05, 0) is 18.9 Å². The number of aromatic nitrogens is 1. The number of aromatic hydroxyl groups is 1. The molecule has 1 N–H and O–H groups in total. The van der Waals surface area contributed by atoms with Crippen molar-refractivity contribution in [1.29, 1.82) is 0 Å². The summed E-state index contributed by atoms with van der Waals surface area (Å²) in [6, 6.07) is 10.0. The summed E-state index contributed by atoms with van der Waals surface area (Å²) in [7, 11) is 0. The van der Waals surface area contributed by atoms with Gasteiger partial charge >= 0.3 is 0 Å². The van der Waals surface area contributed by atoms with E-state index in [-0.39, 0.29) is 11.2 Å². The van der Waals surface area contributed by atoms with Gasteiger partial charge in [0.1, 0.15) is 12.0 Å². The Kier molecular flexibility index (Phi) is 5.36. The predicted molar refractivity (Wildman–Crippen MR) is 108 cm³/mol. The van der Waals surface area contributed by atoms with Crippen molar-refractivity contribution in [2.24, 2.45) is 0 Å². The Morgan fingerprint density at radius 1 is 1.12 bits per heavy atom. The number of benzene rings is 1. The molecular weight excluding hydrogens is 322 g/mol. The molecule has 0 atom stereocenters. The van der Waals surface area contributed by atoms with Crippen LogP contribution in [0.4, 0.5) is 0 Å². The highest BCUT2D eigenvalue weighted by atomic mass is 16.3. The van der Waals surface area contributed by atoms with Gasteiger partial charge in [0, 0.05) is 17.0 Å². The molecule has 0 fully saturated rings. The Balaban J connectivity index is 1.94. The molecule has 26 heavy (non-hydrogen) atoms. The fourth-order valence-electron chi connectivity index (χ4n) is 3.51. The molecule has 2 heterocycles. The van der Waals surface area contributed by atoms with Crippen LogP contribution >= 0.6 is 0 Å². The summed E-state index contributed by atoms with van der Waals surface area (Å²) in [5, 5.41) is 11.4. The van der Waals surface area contributed by atoms with Crippen LogP contribution in [0, 0.1) is 6.92 Å². The Bertz CT molecular complexity index is 892. The molecule has 3 heteroatoms. The van der Waals surface area contributed by atoms with Gasteiger partial charge < -0.3 is 9.52 Å². The van der Waals surface area contributed by atoms with E-state index in [1.807, 2.05) is 18.2 Å². The van der Waals surface area contributed by atoms with Crippen LogP contribution in [0.3, 0.4) is 0 Å². The van der Waals surface area contributed by atoms with Gasteiger partial charge in [-0.3, -0.25) is 0 Å². The molecule has 3 aromatic rings. The maximum atomic E-state index is 10.7. The van der Waals surface area contributed by atoms with Gasteiger partial charge in [0.15, 0.2) is 0 Å². The first-order chi connectivity index (χ1) is 12.4. The van der Waals surface area contributed by atoms with Crippen molar-refractivity contribution in [2.75, 3.05) is 0 Å². The first-order valence-electron chi connectivity index (χ1n) is 9.61. The number of fused-ring (bicyclic) bond motifs is 1. The average Bonchev–Trinajstić information content (AvgIpc) is 3.03. The van der Waals surface area contributed by atoms with Crippen molar-refractivity contribution < 1.29 is 9.52 Å². The first-order valence-corrected chi connectivity index (χ1v) is 9.61. The van der Waals surface area contributed by atoms with Crippen molar-refractivity contribution in [3.63, 3.8) is 0 Å². The number of furan rings is 1. The van der Waals surface area contributed by atoms with Crippen molar-refractivity contribution in [2.45, 2.75) is 65.2 Å². The molecule has 0 saturated carbocycles. The minimum absolute atomic E-state index is 0.0876. The van der Waals surface area contributed by atoms with E-state index >= 15 is 0 Å². The van der Waals surface area contributed by atoms with Crippen molar-refractivity contribution in [1.82, 2.24) is 4.98 Å². The van der Waals surface area contributed by atoms with Crippen LogP contribution in [-0.4, -0.2) is 10.1 Å². The number of hydrogen-bond donors (Lipinski definition) is 1. The SMILES string of the molecule is CCCCCCC(C)(C)c1cc(O)c2c(-c3cccc(C)c3)coc2n1. The number of aryl methyl sites for hydroxylation is 1. The highest BCUT2D eigenvalue weighted by Crippen LogP contribution is 2.39. The molecule has 0 aliphatic carbocycles. The minimum Gasteiger partial charge on any atom is -0.507 e. The number of unbranched alkanes of at least 4 members (excludes halogenated alkanes) is 3. The molecule has 0 bridgehead atoms. The fraction of sp³-hybridized carbons (Fsp3) is 0.435. The van der Waals surface area contributed by atoms with Gasteiger partial charge in [0.05, 0.1) is 11.1 Å². The van der Waals surface area contributed by atoms with E-state index < -0.39 is 0 Å². The second-order valence-electron chi connectivity index (χ2n) is 7.92. The molecule has 0 amide bonds. The molecule has 3 nitrogen and oxygen atoms in total. The second kappa shape index (κ2) is 7.53. The monoisotopic (exact) mass is 351 g/mol. The molecule has 0 spiro atoms. The Labute approximate surface area is 156 Å². The van der Waals surface area contributed by atoms with Gasteiger partial charge in [-0.2, -0.15) is 0 Å². The third-order valence-corrected chi connectivity index (χ3v) is 5.20. The first kappa shape index (κ1) is 18.5. The second-order valence-corrected chi connectivity index (χ2v) is 7.92. The number of rotatable bonds is 7.